The average Bonchev–Trinajstić information content (AvgIpc) is 2.99. The van der Waals surface area contributed by atoms with E-state index < -0.39 is 5.60 Å². The number of aromatic nitrogens is 1. The third-order valence-electron chi connectivity index (χ3n) is 3.67. The first-order valence-corrected chi connectivity index (χ1v) is 8.45. The Kier molecular flexibility index (Phi) is 6.22. The Morgan fingerprint density at radius 2 is 2.08 bits per heavy atom. The molecule has 0 radical (unpaired) electrons. The molecule has 138 valence electrons. The topological polar surface area (TPSA) is 78.0 Å². The molecule has 1 atom stereocenters. The normalized spacial score (nSPS) is 17.3. The van der Waals surface area contributed by atoms with Crippen LogP contribution in [0, 0.1) is 0 Å². The van der Waals surface area contributed by atoms with Gasteiger partial charge in [-0.1, -0.05) is 0 Å². The van der Waals surface area contributed by atoms with Crippen molar-refractivity contribution in [2.45, 2.75) is 58.8 Å². The maximum absolute atomic E-state index is 12.2. The van der Waals surface area contributed by atoms with Crippen molar-refractivity contribution >= 4 is 12.1 Å². The van der Waals surface area contributed by atoms with Gasteiger partial charge in [0.05, 0.1) is 17.9 Å². The zero-order valence-electron chi connectivity index (χ0n) is 15.3. The lowest BCUT2D eigenvalue weighted by Gasteiger charge is -2.28. The number of rotatable bonds is 5. The summed E-state index contributed by atoms with van der Waals surface area (Å²) in [5.74, 6) is 0.271. The number of hydrogen-bond donors (Lipinski definition) is 0. The smallest absolute Gasteiger partial charge is 0.410 e. The quantitative estimate of drug-likeness (QED) is 0.760. The maximum Gasteiger partial charge on any atom is 0.410 e. The molecule has 1 aromatic rings. The first-order valence-electron chi connectivity index (χ1n) is 8.45. The number of nitrogens with zero attached hydrogens (tertiary/aromatic N) is 2. The predicted octanol–water partition coefficient (Wildman–Crippen LogP) is 2.92. The van der Waals surface area contributed by atoms with E-state index in [1.807, 2.05) is 20.8 Å². The summed E-state index contributed by atoms with van der Waals surface area (Å²) in [6.07, 6.45) is 3.11. The summed E-state index contributed by atoms with van der Waals surface area (Å²) in [4.78, 5) is 29.0. The van der Waals surface area contributed by atoms with Crippen molar-refractivity contribution in [2.24, 2.45) is 0 Å². The molecule has 2 rings (SSSR count). The van der Waals surface area contributed by atoms with Crippen LogP contribution in [0.1, 0.15) is 46.2 Å². The van der Waals surface area contributed by atoms with Crippen molar-refractivity contribution in [3.8, 4) is 5.75 Å². The summed E-state index contributed by atoms with van der Waals surface area (Å²) in [6.45, 7) is 8.15. The zero-order chi connectivity index (χ0) is 18.4. The molecule has 1 amide bonds. The minimum Gasteiger partial charge on any atom is -0.490 e. The number of ether oxygens (including phenoxy) is 3. The Bertz CT molecular complexity index is 594. The third-order valence-corrected chi connectivity index (χ3v) is 3.67. The number of carbonyl (C=O) groups is 2. The van der Waals surface area contributed by atoms with Crippen LogP contribution in [0.3, 0.4) is 0 Å². The van der Waals surface area contributed by atoms with Crippen LogP contribution in [0.25, 0.3) is 0 Å². The fourth-order valence-corrected chi connectivity index (χ4v) is 2.52. The van der Waals surface area contributed by atoms with E-state index >= 15 is 0 Å². The maximum atomic E-state index is 12.2. The van der Waals surface area contributed by atoms with Crippen molar-refractivity contribution < 1.29 is 23.8 Å². The highest BCUT2D eigenvalue weighted by atomic mass is 16.6. The van der Waals surface area contributed by atoms with Gasteiger partial charge < -0.3 is 19.1 Å². The number of pyridine rings is 1. The highest BCUT2D eigenvalue weighted by Crippen LogP contribution is 2.22. The van der Waals surface area contributed by atoms with E-state index in [2.05, 4.69) is 4.98 Å². The summed E-state index contributed by atoms with van der Waals surface area (Å²) in [5, 5.41) is 0. The number of hydrogen-bond acceptors (Lipinski definition) is 6. The van der Waals surface area contributed by atoms with Gasteiger partial charge >= 0.3 is 12.1 Å². The standard InChI is InChI=1S/C18H26N2O5/c1-13(21)23-11-14-7-8-16(10-19-14)24-12-15-6-5-9-20(15)17(22)25-18(2,3)4/h7-8,10,15H,5-6,9,11-12H2,1-4H3. The van der Waals surface area contributed by atoms with Crippen molar-refractivity contribution in [3.05, 3.63) is 24.0 Å². The highest BCUT2D eigenvalue weighted by Gasteiger charge is 2.32. The van der Waals surface area contributed by atoms with Crippen molar-refractivity contribution in [2.75, 3.05) is 13.2 Å². The van der Waals surface area contributed by atoms with Crippen LogP contribution >= 0.6 is 0 Å². The Morgan fingerprint density at radius 3 is 2.68 bits per heavy atom. The van der Waals surface area contributed by atoms with Crippen LogP contribution < -0.4 is 4.74 Å². The van der Waals surface area contributed by atoms with Crippen molar-refractivity contribution in [1.29, 1.82) is 0 Å². The molecule has 0 bridgehead atoms. The fraction of sp³-hybridized carbons (Fsp3) is 0.611. The molecular formula is C18H26N2O5. The minimum absolute atomic E-state index is 0.00410. The minimum atomic E-state index is -0.507. The van der Waals surface area contributed by atoms with Gasteiger partial charge in [0.25, 0.3) is 0 Å². The molecule has 1 aromatic heterocycles. The molecule has 2 heterocycles. The van der Waals surface area contributed by atoms with Gasteiger partial charge in [0.15, 0.2) is 0 Å². The molecular weight excluding hydrogens is 324 g/mol. The van der Waals surface area contributed by atoms with Gasteiger partial charge in [0.1, 0.15) is 24.6 Å². The van der Waals surface area contributed by atoms with Crippen LogP contribution in [0.15, 0.2) is 18.3 Å². The fourth-order valence-electron chi connectivity index (χ4n) is 2.52. The number of carbonyl (C=O) groups excluding carboxylic acids is 2. The van der Waals surface area contributed by atoms with Crippen LogP contribution in [0.5, 0.6) is 5.75 Å². The summed E-state index contributed by atoms with van der Waals surface area (Å²) in [5.41, 5.74) is 0.144. The molecule has 1 aliphatic heterocycles. The van der Waals surface area contributed by atoms with Gasteiger partial charge in [-0.25, -0.2) is 4.79 Å². The third kappa shape index (κ3) is 6.25. The molecule has 25 heavy (non-hydrogen) atoms. The molecule has 0 N–H and O–H groups in total. The first-order chi connectivity index (χ1) is 11.7. The van der Waals surface area contributed by atoms with E-state index in [4.69, 9.17) is 14.2 Å². The van der Waals surface area contributed by atoms with E-state index in [1.165, 1.54) is 6.92 Å². The molecule has 0 spiro atoms. The van der Waals surface area contributed by atoms with Gasteiger partial charge in [-0.3, -0.25) is 9.78 Å². The van der Waals surface area contributed by atoms with Crippen LogP contribution in [-0.4, -0.2) is 46.7 Å². The molecule has 1 aliphatic rings. The largest absolute Gasteiger partial charge is 0.490 e. The van der Waals surface area contributed by atoms with E-state index in [9.17, 15) is 9.59 Å². The lowest BCUT2D eigenvalue weighted by atomic mass is 10.2. The second-order valence-corrected chi connectivity index (χ2v) is 7.05. The van der Waals surface area contributed by atoms with Gasteiger partial charge in [-0.05, 0) is 45.7 Å². The second kappa shape index (κ2) is 8.18. The number of amides is 1. The highest BCUT2D eigenvalue weighted by molar-refractivity contribution is 5.69. The summed E-state index contributed by atoms with van der Waals surface area (Å²) < 4.78 is 16.1. The van der Waals surface area contributed by atoms with E-state index in [0.29, 0.717) is 24.6 Å². The van der Waals surface area contributed by atoms with Crippen molar-refractivity contribution in [1.82, 2.24) is 9.88 Å². The van der Waals surface area contributed by atoms with E-state index in [0.717, 1.165) is 12.8 Å². The van der Waals surface area contributed by atoms with Crippen LogP contribution in [0.2, 0.25) is 0 Å². The molecule has 0 aromatic carbocycles. The first kappa shape index (κ1) is 19.0. The molecule has 0 aliphatic carbocycles. The number of likely N-dealkylation sites (tertiary alicyclic amines) is 1. The SMILES string of the molecule is CC(=O)OCc1ccc(OCC2CCCN2C(=O)OC(C)(C)C)cn1. The molecule has 7 heteroatoms. The van der Waals surface area contributed by atoms with Gasteiger partial charge in [-0.2, -0.15) is 0 Å². The molecule has 1 fully saturated rings. The Morgan fingerprint density at radius 1 is 1.32 bits per heavy atom. The summed E-state index contributed by atoms with van der Waals surface area (Å²) >= 11 is 0. The zero-order valence-corrected chi connectivity index (χ0v) is 15.3. The van der Waals surface area contributed by atoms with Gasteiger partial charge in [-0.15, -0.1) is 0 Å². The lowest BCUT2D eigenvalue weighted by molar-refractivity contribution is -0.142. The van der Waals surface area contributed by atoms with Crippen LogP contribution in [0.4, 0.5) is 4.79 Å². The lowest BCUT2D eigenvalue weighted by Crippen LogP contribution is -2.42. The van der Waals surface area contributed by atoms with E-state index in [1.54, 1.807) is 23.2 Å². The van der Waals surface area contributed by atoms with Crippen molar-refractivity contribution in [3.63, 3.8) is 0 Å². The second-order valence-electron chi connectivity index (χ2n) is 7.05. The Labute approximate surface area is 148 Å². The van der Waals surface area contributed by atoms with Gasteiger partial charge in [0.2, 0.25) is 0 Å². The van der Waals surface area contributed by atoms with E-state index in [-0.39, 0.29) is 24.7 Å². The molecule has 1 saturated heterocycles. The monoisotopic (exact) mass is 350 g/mol. The predicted molar refractivity (Wildman–Crippen MR) is 91.2 cm³/mol. The summed E-state index contributed by atoms with van der Waals surface area (Å²) in [7, 11) is 0. The molecule has 1 unspecified atom stereocenters. The Balaban J connectivity index is 1.85. The molecule has 0 saturated carbocycles. The number of esters is 1. The van der Waals surface area contributed by atoms with Crippen LogP contribution in [-0.2, 0) is 20.9 Å². The average molecular weight is 350 g/mol. The summed E-state index contributed by atoms with van der Waals surface area (Å²) in [6, 6.07) is 3.52. The Hall–Kier alpha value is -2.31. The van der Waals surface area contributed by atoms with Gasteiger partial charge in [0, 0.05) is 13.5 Å². The molecule has 7 nitrogen and oxygen atoms in total.